The molecule has 1 saturated carbocycles. The van der Waals surface area contributed by atoms with Crippen LogP contribution in [0.2, 0.25) is 0 Å². The number of halogens is 2. The standard InChI is InChI=1S/C15H18FIN4O/c1-21(2)9-18-14(8-15(22)19-11-4-5-11)20-13-6-3-10(17)7-12(13)16/h3,6-9,11,20H,4-5H2,1-2H3,(H,19,22)/b14-8-,18-9?. The highest BCUT2D eigenvalue weighted by Gasteiger charge is 2.22. The van der Waals surface area contributed by atoms with E-state index in [2.05, 4.69) is 15.6 Å². The number of nitrogens with one attached hydrogen (secondary N) is 2. The van der Waals surface area contributed by atoms with Gasteiger partial charge in [0.2, 0.25) is 5.91 Å². The Morgan fingerprint density at radius 1 is 1.45 bits per heavy atom. The zero-order chi connectivity index (χ0) is 16.1. The van der Waals surface area contributed by atoms with Crippen molar-refractivity contribution in [3.8, 4) is 0 Å². The van der Waals surface area contributed by atoms with Crippen LogP contribution in [0.4, 0.5) is 10.1 Å². The van der Waals surface area contributed by atoms with E-state index in [1.54, 1.807) is 23.4 Å². The average Bonchev–Trinajstić information content (AvgIpc) is 3.22. The lowest BCUT2D eigenvalue weighted by atomic mass is 10.3. The Kier molecular flexibility index (Phi) is 5.76. The van der Waals surface area contributed by atoms with Crippen molar-refractivity contribution in [2.75, 3.05) is 19.4 Å². The summed E-state index contributed by atoms with van der Waals surface area (Å²) in [4.78, 5) is 17.8. The highest BCUT2D eigenvalue weighted by Crippen LogP contribution is 2.20. The normalized spacial score (nSPS) is 15.0. The van der Waals surface area contributed by atoms with Gasteiger partial charge in [-0.25, -0.2) is 9.38 Å². The topological polar surface area (TPSA) is 56.7 Å². The van der Waals surface area contributed by atoms with Crippen molar-refractivity contribution in [3.05, 3.63) is 39.5 Å². The predicted octanol–water partition coefficient (Wildman–Crippen LogP) is 2.55. The Hall–Kier alpha value is -1.64. The summed E-state index contributed by atoms with van der Waals surface area (Å²) in [6.07, 6.45) is 4.91. The maximum absolute atomic E-state index is 13.9. The second-order valence-electron chi connectivity index (χ2n) is 5.27. The highest BCUT2D eigenvalue weighted by molar-refractivity contribution is 14.1. The van der Waals surface area contributed by atoms with Crippen molar-refractivity contribution in [1.82, 2.24) is 10.2 Å². The molecular weight excluding hydrogens is 398 g/mol. The van der Waals surface area contributed by atoms with Gasteiger partial charge >= 0.3 is 0 Å². The minimum atomic E-state index is -0.388. The number of hydrogen-bond acceptors (Lipinski definition) is 3. The lowest BCUT2D eigenvalue weighted by Gasteiger charge is -2.10. The molecule has 0 aliphatic heterocycles. The Balaban J connectivity index is 2.15. The zero-order valence-electron chi connectivity index (χ0n) is 12.4. The van der Waals surface area contributed by atoms with E-state index < -0.39 is 0 Å². The van der Waals surface area contributed by atoms with E-state index >= 15 is 0 Å². The van der Waals surface area contributed by atoms with Gasteiger partial charge in [-0.15, -0.1) is 0 Å². The molecule has 2 N–H and O–H groups in total. The largest absolute Gasteiger partial charge is 0.369 e. The molecule has 1 amide bonds. The lowest BCUT2D eigenvalue weighted by Crippen LogP contribution is -2.24. The first-order valence-corrected chi connectivity index (χ1v) is 7.97. The number of aliphatic imine (C=N–C) groups is 1. The van der Waals surface area contributed by atoms with E-state index in [1.165, 1.54) is 12.1 Å². The Labute approximate surface area is 142 Å². The Morgan fingerprint density at radius 3 is 2.77 bits per heavy atom. The molecule has 0 atom stereocenters. The first-order chi connectivity index (χ1) is 10.4. The molecule has 0 unspecified atom stereocenters. The van der Waals surface area contributed by atoms with Gasteiger partial charge < -0.3 is 15.5 Å². The summed E-state index contributed by atoms with van der Waals surface area (Å²) in [7, 11) is 3.63. The third kappa shape index (κ3) is 5.63. The van der Waals surface area contributed by atoms with Gasteiger partial charge in [0, 0.05) is 29.8 Å². The number of rotatable bonds is 6. The summed E-state index contributed by atoms with van der Waals surface area (Å²) >= 11 is 2.04. The molecule has 5 nitrogen and oxygen atoms in total. The molecule has 0 spiro atoms. The lowest BCUT2D eigenvalue weighted by molar-refractivity contribution is -0.116. The predicted molar refractivity (Wildman–Crippen MR) is 94.2 cm³/mol. The molecule has 1 fully saturated rings. The Morgan fingerprint density at radius 2 is 2.18 bits per heavy atom. The number of amides is 1. The summed E-state index contributed by atoms with van der Waals surface area (Å²) in [6, 6.07) is 5.08. The highest BCUT2D eigenvalue weighted by atomic mass is 127. The maximum Gasteiger partial charge on any atom is 0.247 e. The van der Waals surface area contributed by atoms with Crippen LogP contribution < -0.4 is 10.6 Å². The summed E-state index contributed by atoms with van der Waals surface area (Å²) < 4.78 is 14.7. The fourth-order valence-electron chi connectivity index (χ4n) is 1.61. The van der Waals surface area contributed by atoms with Gasteiger partial charge in [0.1, 0.15) is 11.6 Å². The first kappa shape index (κ1) is 16.7. The van der Waals surface area contributed by atoms with Crippen molar-refractivity contribution in [2.45, 2.75) is 18.9 Å². The van der Waals surface area contributed by atoms with Crippen LogP contribution in [-0.4, -0.2) is 37.3 Å². The van der Waals surface area contributed by atoms with Crippen molar-refractivity contribution >= 4 is 40.5 Å². The van der Waals surface area contributed by atoms with Gasteiger partial charge in [0.25, 0.3) is 0 Å². The average molecular weight is 416 g/mol. The molecule has 0 radical (unpaired) electrons. The molecule has 1 aromatic rings. The molecule has 1 aromatic carbocycles. The monoisotopic (exact) mass is 416 g/mol. The fourth-order valence-corrected chi connectivity index (χ4v) is 2.06. The van der Waals surface area contributed by atoms with Gasteiger partial charge in [-0.3, -0.25) is 4.79 Å². The molecule has 1 aliphatic rings. The third-order valence-corrected chi connectivity index (χ3v) is 3.48. The number of anilines is 1. The smallest absolute Gasteiger partial charge is 0.247 e. The van der Waals surface area contributed by atoms with E-state index in [-0.39, 0.29) is 29.3 Å². The minimum absolute atomic E-state index is 0.230. The molecule has 7 heteroatoms. The van der Waals surface area contributed by atoms with E-state index in [4.69, 9.17) is 0 Å². The van der Waals surface area contributed by atoms with Gasteiger partial charge in [-0.05, 0) is 53.6 Å². The van der Waals surface area contributed by atoms with Crippen LogP contribution in [-0.2, 0) is 4.79 Å². The van der Waals surface area contributed by atoms with Gasteiger partial charge in [-0.2, -0.15) is 0 Å². The SMILES string of the molecule is CN(C)C=N/C(=C/C(=O)NC1CC1)Nc1ccc(I)cc1F. The van der Waals surface area contributed by atoms with Crippen LogP contribution in [0.3, 0.4) is 0 Å². The van der Waals surface area contributed by atoms with Crippen molar-refractivity contribution in [1.29, 1.82) is 0 Å². The zero-order valence-corrected chi connectivity index (χ0v) is 14.6. The van der Waals surface area contributed by atoms with Crippen LogP contribution in [0.15, 0.2) is 35.1 Å². The van der Waals surface area contributed by atoms with Crippen LogP contribution in [0.5, 0.6) is 0 Å². The second kappa shape index (κ2) is 7.57. The number of carbonyl (C=O) groups is 1. The molecule has 2 rings (SSSR count). The maximum atomic E-state index is 13.9. The van der Waals surface area contributed by atoms with Gasteiger partial charge in [0.15, 0.2) is 0 Å². The summed E-state index contributed by atoms with van der Waals surface area (Å²) in [5.41, 5.74) is 0.279. The molecule has 0 bridgehead atoms. The molecule has 22 heavy (non-hydrogen) atoms. The van der Waals surface area contributed by atoms with Crippen molar-refractivity contribution in [3.63, 3.8) is 0 Å². The number of benzene rings is 1. The van der Waals surface area contributed by atoms with Gasteiger partial charge in [0.05, 0.1) is 12.0 Å². The fraction of sp³-hybridized carbons (Fsp3) is 0.333. The molecule has 0 heterocycles. The van der Waals surface area contributed by atoms with Crippen LogP contribution in [0.1, 0.15) is 12.8 Å². The summed E-state index contributed by atoms with van der Waals surface area (Å²) in [5, 5.41) is 5.70. The van der Waals surface area contributed by atoms with E-state index in [9.17, 15) is 9.18 Å². The Bertz CT molecular complexity index is 612. The van der Waals surface area contributed by atoms with Crippen LogP contribution in [0, 0.1) is 9.39 Å². The second-order valence-corrected chi connectivity index (χ2v) is 6.52. The minimum Gasteiger partial charge on any atom is -0.369 e. The van der Waals surface area contributed by atoms with E-state index in [1.807, 2.05) is 36.7 Å². The van der Waals surface area contributed by atoms with E-state index in [0.717, 1.165) is 16.4 Å². The third-order valence-electron chi connectivity index (χ3n) is 2.81. The van der Waals surface area contributed by atoms with E-state index in [0.29, 0.717) is 0 Å². The quantitative estimate of drug-likeness (QED) is 0.325. The first-order valence-electron chi connectivity index (χ1n) is 6.89. The molecule has 1 aliphatic carbocycles. The molecular formula is C15H18FIN4O. The molecule has 0 saturated heterocycles. The molecule has 0 aromatic heterocycles. The number of hydrogen-bond donors (Lipinski definition) is 2. The summed E-state index contributed by atoms with van der Waals surface area (Å²) in [5.74, 6) is -0.334. The number of nitrogens with zero attached hydrogens (tertiary/aromatic N) is 2. The number of carbonyl (C=O) groups excluding carboxylic acids is 1. The molecule has 118 valence electrons. The van der Waals surface area contributed by atoms with Gasteiger partial charge in [-0.1, -0.05) is 0 Å². The van der Waals surface area contributed by atoms with Crippen molar-refractivity contribution < 1.29 is 9.18 Å². The van der Waals surface area contributed by atoms with Crippen molar-refractivity contribution in [2.24, 2.45) is 4.99 Å². The summed E-state index contributed by atoms with van der Waals surface area (Å²) in [6.45, 7) is 0. The van der Waals surface area contributed by atoms with Crippen LogP contribution in [0.25, 0.3) is 0 Å². The van der Waals surface area contributed by atoms with Crippen LogP contribution >= 0.6 is 22.6 Å².